The maximum absolute atomic E-state index is 12.3. The van der Waals surface area contributed by atoms with Crippen LogP contribution in [-0.4, -0.2) is 10.9 Å². The Morgan fingerprint density at radius 2 is 1.91 bits per heavy atom. The number of thiazole rings is 1. The number of benzene rings is 2. The fourth-order valence-corrected chi connectivity index (χ4v) is 3.02. The third kappa shape index (κ3) is 2.94. The second kappa shape index (κ2) is 5.77. The fraction of sp³-hybridized carbons (Fsp3) is 0.176. The van der Waals surface area contributed by atoms with E-state index in [9.17, 15) is 4.79 Å². The molecule has 0 unspecified atom stereocenters. The van der Waals surface area contributed by atoms with E-state index in [1.165, 1.54) is 16.9 Å². The summed E-state index contributed by atoms with van der Waals surface area (Å²) in [7, 11) is 0. The molecule has 2 aromatic carbocycles. The molecule has 0 spiro atoms. The molecule has 0 saturated heterocycles. The predicted octanol–water partition coefficient (Wildman–Crippen LogP) is 4.25. The Labute approximate surface area is 133 Å². The van der Waals surface area contributed by atoms with Crippen molar-refractivity contribution in [3.8, 4) is 0 Å². The molecule has 4 nitrogen and oxygen atoms in total. The molecular formula is C17H17N3OS. The van der Waals surface area contributed by atoms with Gasteiger partial charge in [0.2, 0.25) is 0 Å². The molecule has 1 aromatic heterocycles. The zero-order valence-electron chi connectivity index (χ0n) is 12.5. The summed E-state index contributed by atoms with van der Waals surface area (Å²) < 4.78 is 0.963. The summed E-state index contributed by atoms with van der Waals surface area (Å²) in [4.78, 5) is 16.5. The number of rotatable bonds is 3. The summed E-state index contributed by atoms with van der Waals surface area (Å²) in [5.74, 6) is 0.337. The lowest BCUT2D eigenvalue weighted by Crippen LogP contribution is -2.11. The van der Waals surface area contributed by atoms with Gasteiger partial charge < -0.3 is 11.1 Å². The first-order valence-electron chi connectivity index (χ1n) is 7.10. The van der Waals surface area contributed by atoms with E-state index in [1.54, 1.807) is 0 Å². The molecule has 3 aromatic rings. The largest absolute Gasteiger partial charge is 0.375 e. The molecule has 5 heteroatoms. The Kier molecular flexibility index (Phi) is 3.81. The minimum absolute atomic E-state index is 0.118. The first-order valence-corrected chi connectivity index (χ1v) is 7.92. The number of hydrogen-bond acceptors (Lipinski definition) is 4. The SMILES string of the molecule is CC(C)c1ccc(C(=O)Nc2ccc3nc(N)sc3c2)cc1. The van der Waals surface area contributed by atoms with Gasteiger partial charge in [0.15, 0.2) is 5.13 Å². The highest BCUT2D eigenvalue weighted by molar-refractivity contribution is 7.22. The molecule has 1 heterocycles. The zero-order chi connectivity index (χ0) is 15.7. The zero-order valence-corrected chi connectivity index (χ0v) is 13.3. The molecule has 0 radical (unpaired) electrons. The number of carbonyl (C=O) groups is 1. The predicted molar refractivity (Wildman–Crippen MR) is 92.5 cm³/mol. The smallest absolute Gasteiger partial charge is 0.255 e. The summed E-state index contributed by atoms with van der Waals surface area (Å²) >= 11 is 1.41. The standard InChI is InChI=1S/C17H17N3OS/c1-10(2)11-3-5-12(6-4-11)16(21)19-13-7-8-14-15(9-13)22-17(18)20-14/h3-10H,1-2H3,(H2,18,20)(H,19,21). The first-order chi connectivity index (χ1) is 10.5. The van der Waals surface area contributed by atoms with Crippen molar-refractivity contribution < 1.29 is 4.79 Å². The quantitative estimate of drug-likeness (QED) is 0.759. The fourth-order valence-electron chi connectivity index (χ4n) is 2.24. The van der Waals surface area contributed by atoms with E-state index in [0.29, 0.717) is 16.6 Å². The van der Waals surface area contributed by atoms with Gasteiger partial charge in [-0.25, -0.2) is 4.98 Å². The highest BCUT2D eigenvalue weighted by Gasteiger charge is 2.08. The van der Waals surface area contributed by atoms with Crippen LogP contribution in [0.4, 0.5) is 10.8 Å². The van der Waals surface area contributed by atoms with Crippen LogP contribution in [0, 0.1) is 0 Å². The van der Waals surface area contributed by atoms with Crippen LogP contribution in [0.1, 0.15) is 35.7 Å². The lowest BCUT2D eigenvalue weighted by molar-refractivity contribution is 0.102. The van der Waals surface area contributed by atoms with Gasteiger partial charge in [0.05, 0.1) is 10.2 Å². The van der Waals surface area contributed by atoms with E-state index in [4.69, 9.17) is 5.73 Å². The minimum Gasteiger partial charge on any atom is -0.375 e. The average molecular weight is 311 g/mol. The molecule has 112 valence electrons. The normalized spacial score (nSPS) is 11.0. The number of carbonyl (C=O) groups excluding carboxylic acids is 1. The number of nitrogens with zero attached hydrogens (tertiary/aromatic N) is 1. The average Bonchev–Trinajstić information content (AvgIpc) is 2.86. The monoisotopic (exact) mass is 311 g/mol. The van der Waals surface area contributed by atoms with Crippen molar-refractivity contribution in [1.29, 1.82) is 0 Å². The number of fused-ring (bicyclic) bond motifs is 1. The van der Waals surface area contributed by atoms with Crippen LogP contribution in [0.25, 0.3) is 10.2 Å². The second-order valence-electron chi connectivity index (χ2n) is 5.47. The molecule has 0 aliphatic rings. The van der Waals surface area contributed by atoms with E-state index in [1.807, 2.05) is 42.5 Å². The number of nitrogens with two attached hydrogens (primary N) is 1. The van der Waals surface area contributed by atoms with Gasteiger partial charge in [0.1, 0.15) is 0 Å². The third-order valence-electron chi connectivity index (χ3n) is 3.50. The van der Waals surface area contributed by atoms with Crippen LogP contribution < -0.4 is 11.1 Å². The number of nitrogens with one attached hydrogen (secondary N) is 1. The highest BCUT2D eigenvalue weighted by atomic mass is 32.1. The molecule has 1 amide bonds. The molecule has 0 aliphatic carbocycles. The summed E-state index contributed by atoms with van der Waals surface area (Å²) in [5.41, 5.74) is 9.15. The summed E-state index contributed by atoms with van der Waals surface area (Å²) in [5, 5.41) is 3.44. The third-order valence-corrected chi connectivity index (χ3v) is 4.35. The van der Waals surface area contributed by atoms with Crippen LogP contribution in [0.5, 0.6) is 0 Å². The number of anilines is 2. The van der Waals surface area contributed by atoms with Crippen molar-refractivity contribution in [2.45, 2.75) is 19.8 Å². The van der Waals surface area contributed by atoms with Crippen LogP contribution in [0.2, 0.25) is 0 Å². The van der Waals surface area contributed by atoms with Gasteiger partial charge in [-0.3, -0.25) is 4.79 Å². The van der Waals surface area contributed by atoms with E-state index >= 15 is 0 Å². The molecule has 3 N–H and O–H groups in total. The van der Waals surface area contributed by atoms with Gasteiger partial charge in [-0.15, -0.1) is 0 Å². The van der Waals surface area contributed by atoms with Gasteiger partial charge in [0.25, 0.3) is 5.91 Å². The van der Waals surface area contributed by atoms with Crippen LogP contribution in [0.3, 0.4) is 0 Å². The van der Waals surface area contributed by atoms with Crippen molar-refractivity contribution in [3.63, 3.8) is 0 Å². The number of aromatic nitrogens is 1. The number of nitrogen functional groups attached to an aromatic ring is 1. The maximum atomic E-state index is 12.3. The van der Waals surface area contributed by atoms with Crippen molar-refractivity contribution in [1.82, 2.24) is 4.98 Å². The van der Waals surface area contributed by atoms with Crippen LogP contribution in [-0.2, 0) is 0 Å². The van der Waals surface area contributed by atoms with Gasteiger partial charge in [-0.2, -0.15) is 0 Å². The topological polar surface area (TPSA) is 68.0 Å². The summed E-state index contributed by atoms with van der Waals surface area (Å²) in [6.45, 7) is 4.26. The van der Waals surface area contributed by atoms with Gasteiger partial charge in [-0.1, -0.05) is 37.3 Å². The van der Waals surface area contributed by atoms with Crippen LogP contribution in [0.15, 0.2) is 42.5 Å². The molecule has 0 saturated carbocycles. The molecule has 3 rings (SSSR count). The summed E-state index contributed by atoms with van der Waals surface area (Å²) in [6.07, 6.45) is 0. The van der Waals surface area contributed by atoms with Crippen molar-refractivity contribution in [2.24, 2.45) is 0 Å². The van der Waals surface area contributed by atoms with Gasteiger partial charge >= 0.3 is 0 Å². The first kappa shape index (κ1) is 14.5. The summed E-state index contributed by atoms with van der Waals surface area (Å²) in [6, 6.07) is 13.3. The van der Waals surface area contributed by atoms with E-state index < -0.39 is 0 Å². The lowest BCUT2D eigenvalue weighted by atomic mass is 10.0. The van der Waals surface area contributed by atoms with E-state index in [2.05, 4.69) is 24.1 Å². The van der Waals surface area contributed by atoms with Gasteiger partial charge in [0, 0.05) is 11.3 Å². The molecule has 0 fully saturated rings. The Bertz CT molecular complexity index is 822. The van der Waals surface area contributed by atoms with Gasteiger partial charge in [-0.05, 0) is 41.8 Å². The highest BCUT2D eigenvalue weighted by Crippen LogP contribution is 2.26. The Balaban J connectivity index is 1.79. The maximum Gasteiger partial charge on any atom is 0.255 e. The van der Waals surface area contributed by atoms with E-state index in [-0.39, 0.29) is 5.91 Å². The molecule has 0 bridgehead atoms. The Morgan fingerprint density at radius 1 is 1.18 bits per heavy atom. The lowest BCUT2D eigenvalue weighted by Gasteiger charge is -2.08. The molecular weight excluding hydrogens is 294 g/mol. The van der Waals surface area contributed by atoms with E-state index in [0.717, 1.165) is 15.9 Å². The van der Waals surface area contributed by atoms with Crippen molar-refractivity contribution in [3.05, 3.63) is 53.6 Å². The Hall–Kier alpha value is -2.40. The number of amides is 1. The molecule has 0 atom stereocenters. The Morgan fingerprint density at radius 3 is 2.59 bits per heavy atom. The van der Waals surface area contributed by atoms with Crippen molar-refractivity contribution in [2.75, 3.05) is 11.1 Å². The molecule has 22 heavy (non-hydrogen) atoms. The van der Waals surface area contributed by atoms with Crippen molar-refractivity contribution >= 4 is 38.3 Å². The number of hydrogen-bond donors (Lipinski definition) is 2. The second-order valence-corrected chi connectivity index (χ2v) is 6.53. The minimum atomic E-state index is -0.118. The van der Waals surface area contributed by atoms with Crippen LogP contribution >= 0.6 is 11.3 Å². The molecule has 0 aliphatic heterocycles.